The van der Waals surface area contributed by atoms with Crippen LogP contribution in [0, 0.1) is 11.8 Å². The number of hydrogen-bond acceptors (Lipinski definition) is 3. The monoisotopic (exact) mass is 287 g/mol. The highest BCUT2D eigenvalue weighted by atomic mass is 16.2. The molecule has 5 heteroatoms. The van der Waals surface area contributed by atoms with Crippen LogP contribution in [0.3, 0.4) is 0 Å². The lowest BCUT2D eigenvalue weighted by atomic mass is 10.1. The highest BCUT2D eigenvalue weighted by molar-refractivity contribution is 5.96. The summed E-state index contributed by atoms with van der Waals surface area (Å²) in [7, 11) is 0. The predicted octanol–water partition coefficient (Wildman–Crippen LogP) is 0.641. The number of carbonyl (C=O) groups is 2. The first-order chi connectivity index (χ1) is 10.0. The minimum absolute atomic E-state index is 0.0819. The van der Waals surface area contributed by atoms with Crippen LogP contribution in [0.4, 0.5) is 0 Å². The number of benzene rings is 1. The van der Waals surface area contributed by atoms with Crippen molar-refractivity contribution in [3.63, 3.8) is 0 Å². The van der Waals surface area contributed by atoms with Gasteiger partial charge < -0.3 is 16.4 Å². The molecule has 5 nitrogen and oxygen atoms in total. The van der Waals surface area contributed by atoms with Crippen molar-refractivity contribution in [2.75, 3.05) is 13.1 Å². The van der Waals surface area contributed by atoms with E-state index in [2.05, 4.69) is 22.5 Å². The van der Waals surface area contributed by atoms with Crippen LogP contribution in [0.1, 0.15) is 36.2 Å². The third-order valence-electron chi connectivity index (χ3n) is 2.58. The maximum atomic E-state index is 12.1. The summed E-state index contributed by atoms with van der Waals surface area (Å²) < 4.78 is 0. The first-order valence-corrected chi connectivity index (χ1v) is 6.90. The van der Waals surface area contributed by atoms with Crippen LogP contribution < -0.4 is 16.4 Å². The number of nitrogens with two attached hydrogens (primary N) is 1. The Labute approximate surface area is 125 Å². The molecule has 1 rings (SSSR count). The maximum Gasteiger partial charge on any atom is 0.252 e. The third kappa shape index (κ3) is 6.11. The van der Waals surface area contributed by atoms with Crippen molar-refractivity contribution in [1.82, 2.24) is 10.6 Å². The fourth-order valence-electron chi connectivity index (χ4n) is 1.72. The average molecular weight is 287 g/mol. The van der Waals surface area contributed by atoms with Crippen molar-refractivity contribution in [2.45, 2.75) is 26.3 Å². The number of carbonyl (C=O) groups excluding carboxylic acids is 2. The van der Waals surface area contributed by atoms with Crippen LogP contribution in [-0.4, -0.2) is 30.9 Å². The molecule has 0 aliphatic rings. The molecule has 0 aliphatic carbocycles. The van der Waals surface area contributed by atoms with Crippen molar-refractivity contribution < 1.29 is 9.59 Å². The first kappa shape index (κ1) is 16.7. The van der Waals surface area contributed by atoms with Crippen LogP contribution >= 0.6 is 0 Å². The average Bonchev–Trinajstić information content (AvgIpc) is 2.44. The van der Waals surface area contributed by atoms with E-state index in [-0.39, 0.29) is 37.4 Å². The van der Waals surface area contributed by atoms with Gasteiger partial charge in [0, 0.05) is 24.6 Å². The summed E-state index contributed by atoms with van der Waals surface area (Å²) in [5.41, 5.74) is 6.46. The Morgan fingerprint density at radius 2 is 2.00 bits per heavy atom. The van der Waals surface area contributed by atoms with Gasteiger partial charge in [0.25, 0.3) is 5.91 Å². The van der Waals surface area contributed by atoms with Gasteiger partial charge in [0.15, 0.2) is 0 Å². The van der Waals surface area contributed by atoms with Gasteiger partial charge in [0.05, 0.1) is 12.1 Å². The van der Waals surface area contributed by atoms with Crippen molar-refractivity contribution in [2.24, 2.45) is 5.73 Å². The lowest BCUT2D eigenvalue weighted by Gasteiger charge is -2.09. The molecule has 112 valence electrons. The molecule has 21 heavy (non-hydrogen) atoms. The van der Waals surface area contributed by atoms with E-state index in [4.69, 9.17) is 5.73 Å². The van der Waals surface area contributed by atoms with Crippen LogP contribution in [0.2, 0.25) is 0 Å². The molecule has 0 saturated carbocycles. The van der Waals surface area contributed by atoms with E-state index in [9.17, 15) is 9.59 Å². The minimum Gasteiger partial charge on any atom is -0.354 e. The van der Waals surface area contributed by atoms with Gasteiger partial charge in [-0.15, -0.1) is 0 Å². The van der Waals surface area contributed by atoms with Crippen molar-refractivity contribution in [3.05, 3.63) is 35.4 Å². The number of rotatable bonds is 5. The summed E-state index contributed by atoms with van der Waals surface area (Å²) in [4.78, 5) is 23.6. The zero-order valence-corrected chi connectivity index (χ0v) is 12.4. The predicted molar refractivity (Wildman–Crippen MR) is 82.6 cm³/mol. The molecule has 0 heterocycles. The van der Waals surface area contributed by atoms with E-state index in [1.54, 1.807) is 18.2 Å². The molecule has 0 bridgehead atoms. The Bertz CT molecular complexity index is 556. The van der Waals surface area contributed by atoms with Gasteiger partial charge in [0.2, 0.25) is 5.91 Å². The Morgan fingerprint density at radius 1 is 1.29 bits per heavy atom. The Hall–Kier alpha value is -2.32. The lowest BCUT2D eigenvalue weighted by molar-refractivity contribution is -0.121. The Balaban J connectivity index is 2.58. The summed E-state index contributed by atoms with van der Waals surface area (Å²) in [6.45, 7) is 4.31. The van der Waals surface area contributed by atoms with Gasteiger partial charge in [-0.3, -0.25) is 9.59 Å². The van der Waals surface area contributed by atoms with Crippen LogP contribution in [0.15, 0.2) is 24.3 Å². The summed E-state index contributed by atoms with van der Waals surface area (Å²) >= 11 is 0. The second-order valence-corrected chi connectivity index (χ2v) is 4.78. The van der Waals surface area contributed by atoms with Crippen LogP contribution in [-0.2, 0) is 4.79 Å². The summed E-state index contributed by atoms with van der Waals surface area (Å²) in [6, 6.07) is 7.15. The third-order valence-corrected chi connectivity index (χ3v) is 2.58. The van der Waals surface area contributed by atoms with Crippen molar-refractivity contribution >= 4 is 11.8 Å². The van der Waals surface area contributed by atoms with Crippen LogP contribution in [0.25, 0.3) is 0 Å². The van der Waals surface area contributed by atoms with Gasteiger partial charge >= 0.3 is 0 Å². The quantitative estimate of drug-likeness (QED) is 0.695. The second kappa shape index (κ2) is 8.77. The van der Waals surface area contributed by atoms with E-state index < -0.39 is 0 Å². The molecular weight excluding hydrogens is 266 g/mol. The second-order valence-electron chi connectivity index (χ2n) is 4.78. The van der Waals surface area contributed by atoms with Gasteiger partial charge in [-0.05, 0) is 26.0 Å². The number of hydrogen-bond donors (Lipinski definition) is 3. The molecule has 0 aliphatic heterocycles. The van der Waals surface area contributed by atoms with E-state index in [0.717, 1.165) is 0 Å². The van der Waals surface area contributed by atoms with Crippen molar-refractivity contribution in [3.8, 4) is 11.8 Å². The maximum absolute atomic E-state index is 12.1. The molecule has 0 radical (unpaired) electrons. The minimum atomic E-state index is -0.241. The molecule has 4 N–H and O–H groups in total. The molecule has 1 aromatic carbocycles. The molecule has 0 atom stereocenters. The highest BCUT2D eigenvalue weighted by Gasteiger charge is 2.10. The number of nitrogens with one attached hydrogen (secondary N) is 2. The van der Waals surface area contributed by atoms with Crippen molar-refractivity contribution in [1.29, 1.82) is 0 Å². The standard InChI is InChI=1S/C16H21N3O2/c1-12(2)19-15(20)9-11-18-16(21)14-8-4-3-6-13(14)7-5-10-17/h3-4,6,8,12H,9-11,17H2,1-2H3,(H,18,21)(H,19,20). The fourth-order valence-corrected chi connectivity index (χ4v) is 1.72. The fraction of sp³-hybridized carbons (Fsp3) is 0.375. The molecule has 0 aromatic heterocycles. The van der Waals surface area contributed by atoms with E-state index in [1.165, 1.54) is 0 Å². The smallest absolute Gasteiger partial charge is 0.252 e. The van der Waals surface area contributed by atoms with E-state index >= 15 is 0 Å². The molecule has 0 fully saturated rings. The zero-order chi connectivity index (χ0) is 15.7. The molecule has 0 spiro atoms. The molecule has 1 aromatic rings. The Kier molecular flexibility index (Phi) is 6.99. The largest absolute Gasteiger partial charge is 0.354 e. The van der Waals surface area contributed by atoms with E-state index in [0.29, 0.717) is 11.1 Å². The van der Waals surface area contributed by atoms with Crippen LogP contribution in [0.5, 0.6) is 0 Å². The summed E-state index contributed by atoms with van der Waals surface area (Å²) in [6.07, 6.45) is 0.251. The molecule has 0 saturated heterocycles. The molecular formula is C16H21N3O2. The summed E-state index contributed by atoms with van der Waals surface area (Å²) in [5.74, 6) is 5.27. The molecule has 2 amide bonds. The summed E-state index contributed by atoms with van der Waals surface area (Å²) in [5, 5.41) is 5.49. The van der Waals surface area contributed by atoms with Gasteiger partial charge in [-0.2, -0.15) is 0 Å². The first-order valence-electron chi connectivity index (χ1n) is 6.90. The van der Waals surface area contributed by atoms with Gasteiger partial charge in [-0.1, -0.05) is 24.0 Å². The number of amides is 2. The zero-order valence-electron chi connectivity index (χ0n) is 12.4. The highest BCUT2D eigenvalue weighted by Crippen LogP contribution is 2.07. The van der Waals surface area contributed by atoms with E-state index in [1.807, 2.05) is 19.9 Å². The van der Waals surface area contributed by atoms with Gasteiger partial charge in [0.1, 0.15) is 0 Å². The topological polar surface area (TPSA) is 84.2 Å². The lowest BCUT2D eigenvalue weighted by Crippen LogP contribution is -2.34. The molecule has 0 unspecified atom stereocenters. The SMILES string of the molecule is CC(C)NC(=O)CCNC(=O)c1ccccc1C#CCN. The Morgan fingerprint density at radius 3 is 2.67 bits per heavy atom. The normalized spacial score (nSPS) is 9.71. The van der Waals surface area contributed by atoms with Gasteiger partial charge in [-0.25, -0.2) is 0 Å².